The number of aromatic nitrogens is 7. The van der Waals surface area contributed by atoms with Gasteiger partial charge in [0.05, 0.1) is 69.9 Å². The summed E-state index contributed by atoms with van der Waals surface area (Å²) in [7, 11) is -3.09. The number of hydrogen-bond donors (Lipinski definition) is 10. The molecule has 2 unspecified atom stereocenters. The number of fused-ring (bicyclic) bond motifs is 3. The Morgan fingerprint density at radius 2 is 1.54 bits per heavy atom. The van der Waals surface area contributed by atoms with Crippen molar-refractivity contribution >= 4 is 108 Å². The van der Waals surface area contributed by atoms with Crippen molar-refractivity contribution in [1.29, 1.82) is 0 Å². The molecule has 0 spiro atoms. The Hall–Kier alpha value is -8.42. The Bertz CT molecular complexity index is 4290. The molecule has 8 heterocycles. The van der Waals surface area contributed by atoms with Crippen LogP contribution in [0.3, 0.4) is 0 Å². The largest absolute Gasteiger partial charge is 0.394 e. The number of anilines is 2. The van der Waals surface area contributed by atoms with E-state index in [-0.39, 0.29) is 62.8 Å². The van der Waals surface area contributed by atoms with Gasteiger partial charge in [0.2, 0.25) is 42.7 Å². The number of carbonyl (C=O) groups is 6. The Labute approximate surface area is 563 Å². The molecule has 11 atom stereocenters. The van der Waals surface area contributed by atoms with Gasteiger partial charge in [-0.05, 0) is 47.7 Å². The molecule has 7 aromatic rings. The molecule has 0 aliphatic carbocycles. The highest BCUT2D eigenvalue weighted by Gasteiger charge is 2.52. The lowest BCUT2D eigenvalue weighted by atomic mass is 10.0. The van der Waals surface area contributed by atoms with Gasteiger partial charge in [-0.3, -0.25) is 56.3 Å². The number of thiol groups is 2. The van der Waals surface area contributed by atoms with Crippen LogP contribution >= 0.6 is 38.5 Å². The maximum absolute atomic E-state index is 16.4. The third kappa shape index (κ3) is 16.9. The van der Waals surface area contributed by atoms with Crippen LogP contribution in [0.15, 0.2) is 109 Å². The normalized spacial score (nSPS) is 21.4. The van der Waals surface area contributed by atoms with Gasteiger partial charge < -0.3 is 70.3 Å². The second-order valence-corrected chi connectivity index (χ2v) is 27.4. The van der Waals surface area contributed by atoms with E-state index in [1.165, 1.54) is 32.7 Å². The lowest BCUT2D eigenvalue weighted by molar-refractivity contribution is -0.131. The van der Waals surface area contributed by atoms with Crippen LogP contribution in [0.1, 0.15) is 59.5 Å². The number of aliphatic hydroxyl groups excluding tert-OH is 2. The van der Waals surface area contributed by atoms with Gasteiger partial charge in [0.15, 0.2) is 29.8 Å². The predicted octanol–water partition coefficient (Wildman–Crippen LogP) is 1.92. The minimum Gasteiger partial charge on any atom is -0.394 e. The van der Waals surface area contributed by atoms with E-state index in [0.29, 0.717) is 46.6 Å². The number of rotatable bonds is 28. The van der Waals surface area contributed by atoms with Crippen LogP contribution in [0.5, 0.6) is 0 Å². The standard InChI is InChI=1S/C61H67FN14O17P2S2/c62-50-53(42(29-77)90-60(50)75-28-39-14-8-20-63-55-49(39)56(75)68-31-67-55)93-95(87,97)89-30-43-52(83)54(92-94(86)96)61(91-43)76-33-69-51-57(76)70-32-73(59(51)85)21-22-88-34-71-46(80)25-66-58(84)40(23-35-9-2-1-3-10-35)72-47(81)26-65-45(79)24-64-44(78)18-19-48(82)74-27-38-13-5-4-11-36(38)16-17-37-12-6-7-15-41(37)74/h1-7,9-13,15,28,31-33,40,42-43,50,52-54,60-61,77,83,94H,8,14,18-27,29-30,34H2,(H,64,78)(H,65,79)(H,66,84)(H,71,80)(H,72,81)(H,86,96)(H,87,97)(H,63,67,68)/t40-,42+,43+,50+,52+,53+,54+,60+,61+,95?/m0/s1. The number of imidazole rings is 1. The van der Waals surface area contributed by atoms with Gasteiger partial charge in [-0.2, -0.15) is 0 Å². The predicted molar refractivity (Wildman–Crippen MR) is 352 cm³/mol. The summed E-state index contributed by atoms with van der Waals surface area (Å²) in [6, 6.07) is 22.2. The lowest BCUT2D eigenvalue weighted by Crippen LogP contribution is -2.52. The number of halogens is 1. The summed E-state index contributed by atoms with van der Waals surface area (Å²) in [4.78, 5) is 111. The van der Waals surface area contributed by atoms with Gasteiger partial charge in [0, 0.05) is 43.1 Å². The molecule has 36 heteroatoms. The number of aliphatic hydroxyl groups is 2. The van der Waals surface area contributed by atoms with Crippen molar-refractivity contribution < 1.29 is 80.3 Å². The fourth-order valence-corrected chi connectivity index (χ4v) is 13.8. The van der Waals surface area contributed by atoms with Crippen LogP contribution in [0.4, 0.5) is 15.9 Å². The van der Waals surface area contributed by atoms with E-state index in [9.17, 15) is 52.9 Å². The molecule has 97 heavy (non-hydrogen) atoms. The molecule has 11 rings (SSSR count). The van der Waals surface area contributed by atoms with E-state index in [1.54, 1.807) is 53.6 Å². The van der Waals surface area contributed by atoms with Crippen molar-refractivity contribution in [2.75, 3.05) is 62.9 Å². The molecule has 2 fully saturated rings. The van der Waals surface area contributed by atoms with E-state index in [1.807, 2.05) is 36.4 Å². The average Bonchev–Trinajstić information content (AvgIpc) is 1.62. The topological polar surface area (TPSA) is 391 Å². The van der Waals surface area contributed by atoms with Crippen molar-refractivity contribution in [2.45, 2.75) is 100 Å². The Morgan fingerprint density at radius 3 is 2.34 bits per heavy atom. The summed E-state index contributed by atoms with van der Waals surface area (Å²) in [5.41, 5.74) is 3.93. The zero-order valence-electron chi connectivity index (χ0n) is 51.4. The van der Waals surface area contributed by atoms with Crippen LogP contribution < -0.4 is 42.4 Å². The van der Waals surface area contributed by atoms with Crippen molar-refractivity contribution in [3.63, 3.8) is 0 Å². The molecular formula is C61H67FN14O17P2S2. The minimum absolute atomic E-state index is 0.0112. The number of aryl methyl sites for hydroxylation is 1. The number of amides is 6. The number of hydrogen-bond acceptors (Lipinski definition) is 22. The first-order valence-corrected chi connectivity index (χ1v) is 35.9. The van der Waals surface area contributed by atoms with Gasteiger partial charge in [0.25, 0.3) is 5.56 Å². The Morgan fingerprint density at radius 1 is 0.814 bits per heavy atom. The molecule has 512 valence electrons. The molecular weight excluding hydrogens is 1350 g/mol. The molecule has 4 aliphatic rings. The molecule has 4 aromatic heterocycles. The van der Waals surface area contributed by atoms with Gasteiger partial charge in [-0.15, -0.1) is 0 Å². The van der Waals surface area contributed by atoms with Crippen LogP contribution in [-0.4, -0.2) is 175 Å². The highest BCUT2D eigenvalue weighted by Crippen LogP contribution is 2.57. The monoisotopic (exact) mass is 1410 g/mol. The summed E-state index contributed by atoms with van der Waals surface area (Å²) in [6.07, 6.45) is -5.85. The smallest absolute Gasteiger partial charge is 0.386 e. The summed E-state index contributed by atoms with van der Waals surface area (Å²) < 4.78 is 80.6. The average molecular weight is 1410 g/mol. The quantitative estimate of drug-likeness (QED) is 0.0110. The number of nitrogens with zero attached hydrogens (tertiary/aromatic N) is 8. The first kappa shape index (κ1) is 69.9. The zero-order chi connectivity index (χ0) is 68.3. The second kappa shape index (κ2) is 31.8. The van der Waals surface area contributed by atoms with Crippen molar-refractivity contribution in [1.82, 2.24) is 60.2 Å². The van der Waals surface area contributed by atoms with Crippen LogP contribution in [0, 0.1) is 11.8 Å². The number of nitrogens with one attached hydrogen (secondary N) is 6. The minimum atomic E-state index is -4.56. The van der Waals surface area contributed by atoms with E-state index in [0.717, 1.165) is 23.1 Å². The van der Waals surface area contributed by atoms with Gasteiger partial charge in [-0.25, -0.2) is 28.9 Å². The summed E-state index contributed by atoms with van der Waals surface area (Å²) >= 11 is 7.97. The molecule has 0 saturated carbocycles. The number of carbonyl (C=O) groups excluding carboxylic acids is 6. The molecule has 6 amide bonds. The summed E-state index contributed by atoms with van der Waals surface area (Å²) in [5, 5.41) is 38.0. The van der Waals surface area contributed by atoms with E-state index in [4.69, 9.17) is 27.8 Å². The number of para-hydroxylation sites is 1. The fraction of sp³-hybridized carbons (Fsp3) is 0.393. The van der Waals surface area contributed by atoms with Crippen molar-refractivity contribution in [3.8, 4) is 11.8 Å². The highest BCUT2D eigenvalue weighted by atomic mass is 32.7. The molecule has 2 saturated heterocycles. The molecule has 0 bridgehead atoms. The third-order valence-corrected chi connectivity index (χ3v) is 18.6. The molecule has 3 aromatic carbocycles. The third-order valence-electron chi connectivity index (χ3n) is 16.2. The van der Waals surface area contributed by atoms with Gasteiger partial charge >= 0.3 is 6.80 Å². The van der Waals surface area contributed by atoms with E-state index < -0.39 is 137 Å². The number of alkyl halides is 1. The second-order valence-electron chi connectivity index (χ2n) is 22.6. The zero-order valence-corrected chi connectivity index (χ0v) is 55.1. The summed E-state index contributed by atoms with van der Waals surface area (Å²) in [5.74, 6) is 3.11. The molecule has 0 radical (unpaired) electrons. The SMILES string of the molecule is O=C(CCC(=O)N1Cc2ccccc2C#Cc2ccccc21)NCC(=O)NCC(=O)N[C@@H](Cc1ccccc1)C(=O)NCC(=O)NCOCCn1cnc2c(ncn2[C@@H]2O[C@H](COP(=O)(S)O[C@H]3[C@@H](F)[C@H](n4cc5c6c(ncnc64)NCCC5)O[C@@H]3CO)[C@@H](O)[C@H]2O[PH](=O)S)c1=O. The molecule has 8 N–H and O–H groups in total. The lowest BCUT2D eigenvalue weighted by Gasteiger charge is -2.26. The van der Waals surface area contributed by atoms with Crippen molar-refractivity contribution in [2.24, 2.45) is 0 Å². The number of ether oxygens (including phenoxy) is 3. The first-order valence-electron chi connectivity index (χ1n) is 30.6. The Balaban J connectivity index is 0.613. The van der Waals surface area contributed by atoms with Crippen molar-refractivity contribution in [3.05, 3.63) is 142 Å². The van der Waals surface area contributed by atoms with Crippen LogP contribution in [0.25, 0.3) is 22.2 Å². The fourth-order valence-electron chi connectivity index (χ4n) is 11.4. The number of benzene rings is 3. The summed E-state index contributed by atoms with van der Waals surface area (Å²) in [6.45, 7) is -7.27. The molecule has 4 aliphatic heterocycles. The van der Waals surface area contributed by atoms with Crippen LogP contribution in [-0.2, 0) is 91.6 Å². The van der Waals surface area contributed by atoms with Gasteiger partial charge in [-0.1, -0.05) is 97.0 Å². The maximum Gasteiger partial charge on any atom is 0.386 e. The van der Waals surface area contributed by atoms with Gasteiger partial charge in [0.1, 0.15) is 67.4 Å². The Kier molecular flexibility index (Phi) is 23.0. The van der Waals surface area contributed by atoms with Crippen LogP contribution in [0.2, 0.25) is 0 Å². The van der Waals surface area contributed by atoms with E-state index >= 15 is 4.39 Å². The molecule has 31 nitrogen and oxygen atoms in total. The maximum atomic E-state index is 16.4. The first-order chi connectivity index (χ1) is 46.8. The van der Waals surface area contributed by atoms with E-state index in [2.05, 4.69) is 88.2 Å². The highest BCUT2D eigenvalue weighted by molar-refractivity contribution is 8.44.